The lowest BCUT2D eigenvalue weighted by Crippen LogP contribution is -2.02. The van der Waals surface area contributed by atoms with E-state index in [1.165, 1.54) is 48.7 Å². The van der Waals surface area contributed by atoms with Crippen LogP contribution in [0.2, 0.25) is 0 Å². The second-order valence-electron chi connectivity index (χ2n) is 8.22. The third kappa shape index (κ3) is 2.44. The molecule has 0 aliphatic rings. The molecule has 0 fully saturated rings. The number of H-pyrrole nitrogens is 1. The predicted molar refractivity (Wildman–Crippen MR) is 131 cm³/mol. The Morgan fingerprint density at radius 3 is 2.35 bits per heavy atom. The first kappa shape index (κ1) is 16.7. The molecule has 0 amide bonds. The Labute approximate surface area is 178 Å². The molecule has 0 saturated heterocycles. The smallest absolute Gasteiger partial charge is 0.126 e. The lowest BCUT2D eigenvalue weighted by molar-refractivity contribution is 1.13. The summed E-state index contributed by atoms with van der Waals surface area (Å²) in [6.45, 7) is 0.727. The van der Waals surface area contributed by atoms with Gasteiger partial charge in [-0.15, -0.1) is 0 Å². The van der Waals surface area contributed by atoms with E-state index < -0.39 is 0 Å². The normalized spacial score (nSPS) is 12.0. The van der Waals surface area contributed by atoms with Crippen molar-refractivity contribution < 1.29 is 0 Å². The van der Waals surface area contributed by atoms with Gasteiger partial charge < -0.3 is 10.3 Å². The van der Waals surface area contributed by atoms with Gasteiger partial charge in [0.15, 0.2) is 0 Å². The van der Waals surface area contributed by atoms with Gasteiger partial charge in [-0.25, -0.2) is 4.98 Å². The van der Waals surface area contributed by atoms with Gasteiger partial charge in [0.05, 0.1) is 11.7 Å². The summed E-state index contributed by atoms with van der Waals surface area (Å²) in [5.41, 5.74) is 3.49. The zero-order valence-electron chi connectivity index (χ0n) is 16.8. The van der Waals surface area contributed by atoms with Gasteiger partial charge in [0.25, 0.3) is 0 Å². The third-order valence-electron chi connectivity index (χ3n) is 6.44. The van der Waals surface area contributed by atoms with Crippen LogP contribution >= 0.6 is 0 Å². The summed E-state index contributed by atoms with van der Waals surface area (Å²) < 4.78 is 0. The lowest BCUT2D eigenvalue weighted by atomic mass is 9.91. The Hall–Kier alpha value is -4.11. The minimum Gasteiger partial charge on any atom is -0.366 e. The van der Waals surface area contributed by atoms with Crippen LogP contribution in [-0.4, -0.2) is 9.97 Å². The van der Waals surface area contributed by atoms with Crippen LogP contribution in [0, 0.1) is 0 Å². The van der Waals surface area contributed by atoms with Crippen molar-refractivity contribution in [1.29, 1.82) is 0 Å². The van der Waals surface area contributed by atoms with Crippen molar-refractivity contribution in [2.24, 2.45) is 0 Å². The average molecular weight is 397 g/mol. The Bertz CT molecular complexity index is 1740. The van der Waals surface area contributed by atoms with Crippen molar-refractivity contribution in [2.75, 3.05) is 5.32 Å². The van der Waals surface area contributed by atoms with Crippen LogP contribution < -0.4 is 5.32 Å². The van der Waals surface area contributed by atoms with Crippen LogP contribution in [-0.2, 0) is 6.54 Å². The molecule has 0 aliphatic carbocycles. The van der Waals surface area contributed by atoms with Crippen molar-refractivity contribution in [1.82, 2.24) is 9.97 Å². The summed E-state index contributed by atoms with van der Waals surface area (Å²) in [5.74, 6) is 0.891. The predicted octanol–water partition coefficient (Wildman–Crippen LogP) is 7.23. The van der Waals surface area contributed by atoms with Crippen LogP contribution in [0.25, 0.3) is 54.1 Å². The highest BCUT2D eigenvalue weighted by Gasteiger charge is 2.12. The second-order valence-corrected chi connectivity index (χ2v) is 8.22. The number of pyridine rings is 1. The van der Waals surface area contributed by atoms with Crippen LogP contribution in [0.5, 0.6) is 0 Å². The van der Waals surface area contributed by atoms with Gasteiger partial charge >= 0.3 is 0 Å². The number of rotatable bonds is 3. The van der Waals surface area contributed by atoms with Crippen molar-refractivity contribution in [3.63, 3.8) is 0 Å². The number of para-hydroxylation sites is 1. The summed E-state index contributed by atoms with van der Waals surface area (Å²) in [4.78, 5) is 8.09. The average Bonchev–Trinajstić information content (AvgIpc) is 3.19. The summed E-state index contributed by atoms with van der Waals surface area (Å²) in [6, 6.07) is 30.5. The molecule has 3 heteroatoms. The molecule has 0 unspecified atom stereocenters. The van der Waals surface area contributed by atoms with Crippen molar-refractivity contribution in [3.05, 3.63) is 96.7 Å². The van der Waals surface area contributed by atoms with E-state index in [-0.39, 0.29) is 0 Å². The molecule has 0 spiro atoms. The van der Waals surface area contributed by atoms with Gasteiger partial charge in [-0.1, -0.05) is 66.7 Å². The van der Waals surface area contributed by atoms with E-state index in [1.807, 2.05) is 6.20 Å². The van der Waals surface area contributed by atoms with Crippen LogP contribution in [0.4, 0.5) is 5.82 Å². The number of nitrogens with zero attached hydrogens (tertiary/aromatic N) is 1. The SMILES string of the molecule is c1cc2ccc3cccc4c(CNc5cc6c(cn5)[nH]c5ccccc56)cc(c1)c2c34. The molecule has 5 aromatic carbocycles. The molecule has 7 aromatic rings. The van der Waals surface area contributed by atoms with E-state index in [0.29, 0.717) is 0 Å². The molecule has 2 heterocycles. The number of benzene rings is 5. The number of aromatic nitrogens is 2. The molecule has 3 nitrogen and oxygen atoms in total. The van der Waals surface area contributed by atoms with E-state index >= 15 is 0 Å². The minimum absolute atomic E-state index is 0.727. The molecule has 0 aliphatic heterocycles. The van der Waals surface area contributed by atoms with Crippen molar-refractivity contribution in [3.8, 4) is 0 Å². The Morgan fingerprint density at radius 1 is 0.645 bits per heavy atom. The fraction of sp³-hybridized carbons (Fsp3) is 0.0357. The Kier molecular flexibility index (Phi) is 3.33. The van der Waals surface area contributed by atoms with E-state index in [4.69, 9.17) is 0 Å². The summed E-state index contributed by atoms with van der Waals surface area (Å²) in [5, 5.41) is 13.9. The maximum atomic E-state index is 4.65. The standard InChI is InChI=1S/C28H19N3/c1-2-10-24-22(8-1)23-14-26(30-16-25(23)31-24)29-15-20-13-19-7-3-5-17-11-12-18-6-4-9-21(20)28(18)27(17)19/h1-14,16,31H,15H2,(H,29,30). The van der Waals surface area contributed by atoms with Gasteiger partial charge in [0.1, 0.15) is 5.82 Å². The van der Waals surface area contributed by atoms with E-state index in [0.717, 1.165) is 23.4 Å². The number of aromatic amines is 1. The molecule has 2 N–H and O–H groups in total. The maximum Gasteiger partial charge on any atom is 0.126 e. The van der Waals surface area contributed by atoms with E-state index in [2.05, 4.69) is 100 Å². The van der Waals surface area contributed by atoms with Crippen molar-refractivity contribution >= 4 is 59.9 Å². The summed E-state index contributed by atoms with van der Waals surface area (Å²) in [6.07, 6.45) is 1.92. The van der Waals surface area contributed by atoms with E-state index in [9.17, 15) is 0 Å². The van der Waals surface area contributed by atoms with E-state index in [1.54, 1.807) is 0 Å². The highest BCUT2D eigenvalue weighted by Crippen LogP contribution is 2.36. The third-order valence-corrected chi connectivity index (χ3v) is 6.44. The minimum atomic E-state index is 0.727. The first-order valence-electron chi connectivity index (χ1n) is 10.6. The molecule has 7 rings (SSSR count). The topological polar surface area (TPSA) is 40.7 Å². The van der Waals surface area contributed by atoms with Gasteiger partial charge in [0.2, 0.25) is 0 Å². The van der Waals surface area contributed by atoms with Crippen LogP contribution in [0.3, 0.4) is 0 Å². The Balaban J connectivity index is 1.35. The van der Waals surface area contributed by atoms with Gasteiger partial charge in [-0.3, -0.25) is 0 Å². The van der Waals surface area contributed by atoms with Gasteiger partial charge in [-0.05, 0) is 56.1 Å². The lowest BCUT2D eigenvalue weighted by Gasteiger charge is -2.15. The monoisotopic (exact) mass is 397 g/mol. The maximum absolute atomic E-state index is 4.65. The summed E-state index contributed by atoms with van der Waals surface area (Å²) in [7, 11) is 0. The van der Waals surface area contributed by atoms with Gasteiger partial charge in [0, 0.05) is 22.8 Å². The summed E-state index contributed by atoms with van der Waals surface area (Å²) >= 11 is 0. The number of hydrogen-bond donors (Lipinski definition) is 2. The molecular weight excluding hydrogens is 378 g/mol. The fourth-order valence-electron chi connectivity index (χ4n) is 5.02. The number of fused-ring (bicyclic) bond motifs is 3. The molecule has 0 bridgehead atoms. The highest BCUT2D eigenvalue weighted by molar-refractivity contribution is 6.23. The van der Waals surface area contributed by atoms with Gasteiger partial charge in [-0.2, -0.15) is 0 Å². The number of anilines is 1. The Morgan fingerprint density at radius 2 is 1.42 bits per heavy atom. The molecular formula is C28H19N3. The first-order valence-corrected chi connectivity index (χ1v) is 10.6. The second kappa shape index (κ2) is 6.19. The number of nitrogens with one attached hydrogen (secondary N) is 2. The molecule has 2 aromatic heterocycles. The quantitative estimate of drug-likeness (QED) is 0.309. The molecule has 0 radical (unpaired) electrons. The number of hydrogen-bond acceptors (Lipinski definition) is 2. The highest BCUT2D eigenvalue weighted by atomic mass is 15.0. The molecule has 0 atom stereocenters. The fourth-order valence-corrected chi connectivity index (χ4v) is 5.02. The zero-order chi connectivity index (χ0) is 20.4. The van der Waals surface area contributed by atoms with Crippen LogP contribution in [0.1, 0.15) is 5.56 Å². The molecule has 31 heavy (non-hydrogen) atoms. The zero-order valence-corrected chi connectivity index (χ0v) is 16.8. The molecule has 0 saturated carbocycles. The first-order chi connectivity index (χ1) is 15.3. The largest absolute Gasteiger partial charge is 0.366 e. The molecule has 146 valence electrons. The van der Waals surface area contributed by atoms with Crippen LogP contribution in [0.15, 0.2) is 91.1 Å². The van der Waals surface area contributed by atoms with Crippen molar-refractivity contribution in [2.45, 2.75) is 6.54 Å².